The van der Waals surface area contributed by atoms with Crippen LogP contribution >= 0.6 is 11.6 Å². The summed E-state index contributed by atoms with van der Waals surface area (Å²) in [5.74, 6) is -0.372. The number of rotatable bonds is 5. The van der Waals surface area contributed by atoms with Crippen molar-refractivity contribution < 1.29 is 13.9 Å². The van der Waals surface area contributed by atoms with Crippen LogP contribution in [-0.4, -0.2) is 18.7 Å². The van der Waals surface area contributed by atoms with E-state index in [0.717, 1.165) is 11.8 Å². The van der Waals surface area contributed by atoms with E-state index in [0.29, 0.717) is 5.75 Å². The number of hydrazone groups is 1. The minimum atomic E-state index is -0.512. The second-order valence-corrected chi connectivity index (χ2v) is 4.94. The summed E-state index contributed by atoms with van der Waals surface area (Å²) in [5.41, 5.74) is 3.40. The van der Waals surface area contributed by atoms with Gasteiger partial charge in [-0.25, -0.2) is 9.82 Å². The Morgan fingerprint density at radius 1 is 1.36 bits per heavy atom. The number of ether oxygens (including phenoxy) is 1. The van der Waals surface area contributed by atoms with E-state index in [1.165, 1.54) is 18.2 Å². The first kappa shape index (κ1) is 16.0. The quantitative estimate of drug-likeness (QED) is 0.678. The summed E-state index contributed by atoms with van der Waals surface area (Å²) in [4.78, 5) is 11.6. The van der Waals surface area contributed by atoms with Gasteiger partial charge in [0.25, 0.3) is 5.91 Å². The van der Waals surface area contributed by atoms with Crippen LogP contribution < -0.4 is 10.2 Å². The number of halogens is 2. The number of nitrogens with one attached hydrogen (secondary N) is 1. The number of hydrogen-bond acceptors (Lipinski definition) is 3. The van der Waals surface area contributed by atoms with Crippen molar-refractivity contribution in [2.24, 2.45) is 5.10 Å². The van der Waals surface area contributed by atoms with Gasteiger partial charge in [-0.1, -0.05) is 29.8 Å². The van der Waals surface area contributed by atoms with Crippen molar-refractivity contribution in [3.05, 3.63) is 64.4 Å². The topological polar surface area (TPSA) is 50.7 Å². The van der Waals surface area contributed by atoms with Crippen LogP contribution in [0.3, 0.4) is 0 Å². The van der Waals surface area contributed by atoms with E-state index < -0.39 is 11.7 Å². The molecule has 2 aromatic carbocycles. The zero-order valence-corrected chi connectivity index (χ0v) is 12.6. The van der Waals surface area contributed by atoms with Gasteiger partial charge in [0.1, 0.15) is 11.6 Å². The van der Waals surface area contributed by atoms with Gasteiger partial charge in [-0.3, -0.25) is 4.79 Å². The highest BCUT2D eigenvalue weighted by Crippen LogP contribution is 2.16. The average Bonchev–Trinajstić information content (AvgIpc) is 2.48. The van der Waals surface area contributed by atoms with Crippen LogP contribution in [-0.2, 0) is 4.79 Å². The first-order valence-electron chi connectivity index (χ1n) is 6.51. The molecule has 4 nitrogen and oxygen atoms in total. The molecule has 0 heterocycles. The molecule has 0 bridgehead atoms. The molecule has 0 saturated carbocycles. The van der Waals surface area contributed by atoms with Gasteiger partial charge in [-0.05, 0) is 36.8 Å². The monoisotopic (exact) mass is 320 g/mol. The van der Waals surface area contributed by atoms with Gasteiger partial charge in [0.05, 0.1) is 11.2 Å². The van der Waals surface area contributed by atoms with Gasteiger partial charge in [-0.2, -0.15) is 5.10 Å². The van der Waals surface area contributed by atoms with Crippen LogP contribution in [0.1, 0.15) is 11.1 Å². The Bertz CT molecular complexity index is 684. The predicted molar refractivity (Wildman–Crippen MR) is 83.8 cm³/mol. The van der Waals surface area contributed by atoms with Crippen molar-refractivity contribution in [3.8, 4) is 5.75 Å². The van der Waals surface area contributed by atoms with Crippen molar-refractivity contribution in [2.45, 2.75) is 6.92 Å². The summed E-state index contributed by atoms with van der Waals surface area (Å²) >= 11 is 5.83. The van der Waals surface area contributed by atoms with Crippen LogP contribution in [0.15, 0.2) is 47.6 Å². The minimum absolute atomic E-state index is 0.115. The number of nitrogens with zero attached hydrogens (tertiary/aromatic N) is 1. The molecule has 2 aromatic rings. The van der Waals surface area contributed by atoms with Crippen molar-refractivity contribution in [2.75, 3.05) is 6.61 Å². The molecule has 22 heavy (non-hydrogen) atoms. The Labute approximate surface area is 132 Å². The molecule has 6 heteroatoms. The zero-order valence-electron chi connectivity index (χ0n) is 11.8. The van der Waals surface area contributed by atoms with Crippen molar-refractivity contribution >= 4 is 23.7 Å². The fourth-order valence-corrected chi connectivity index (χ4v) is 1.90. The molecule has 0 aliphatic rings. The van der Waals surface area contributed by atoms with Gasteiger partial charge in [0.15, 0.2) is 6.61 Å². The predicted octanol–water partition coefficient (Wildman–Crippen LogP) is 3.32. The van der Waals surface area contributed by atoms with Gasteiger partial charge in [-0.15, -0.1) is 0 Å². The van der Waals surface area contributed by atoms with E-state index in [-0.39, 0.29) is 17.2 Å². The lowest BCUT2D eigenvalue weighted by atomic mass is 10.2. The van der Waals surface area contributed by atoms with Gasteiger partial charge in [0, 0.05) is 5.56 Å². The number of carbonyl (C=O) groups excluding carboxylic acids is 1. The van der Waals surface area contributed by atoms with E-state index >= 15 is 0 Å². The normalized spacial score (nSPS) is 10.7. The first-order chi connectivity index (χ1) is 10.6. The van der Waals surface area contributed by atoms with E-state index in [4.69, 9.17) is 16.3 Å². The summed E-state index contributed by atoms with van der Waals surface area (Å²) < 4.78 is 18.8. The number of aryl methyl sites for hydroxylation is 1. The smallest absolute Gasteiger partial charge is 0.277 e. The molecule has 1 N–H and O–H groups in total. The maximum Gasteiger partial charge on any atom is 0.277 e. The standard InChI is InChI=1S/C16H14ClFN2O2/c1-11-4-2-5-12(8-11)22-10-16(21)20-19-9-13-14(17)6-3-7-15(13)18/h2-9H,10H2,1H3,(H,20,21). The molecule has 1 amide bonds. The fourth-order valence-electron chi connectivity index (χ4n) is 1.69. The van der Waals surface area contributed by atoms with Crippen molar-refractivity contribution in [3.63, 3.8) is 0 Å². The molecule has 0 aliphatic carbocycles. The van der Waals surface area contributed by atoms with Crippen LogP contribution in [0, 0.1) is 12.7 Å². The molecular weight excluding hydrogens is 307 g/mol. The van der Waals surface area contributed by atoms with Gasteiger partial charge < -0.3 is 4.74 Å². The van der Waals surface area contributed by atoms with Crippen LogP contribution in [0.2, 0.25) is 5.02 Å². The molecule has 2 rings (SSSR count). The van der Waals surface area contributed by atoms with Crippen LogP contribution in [0.5, 0.6) is 5.75 Å². The molecule has 0 atom stereocenters. The third-order valence-corrected chi connectivity index (χ3v) is 3.07. The number of hydrogen-bond donors (Lipinski definition) is 1. The fraction of sp³-hybridized carbons (Fsp3) is 0.125. The molecule has 0 aromatic heterocycles. The van der Waals surface area contributed by atoms with Crippen LogP contribution in [0.25, 0.3) is 0 Å². The summed E-state index contributed by atoms with van der Waals surface area (Å²) in [6, 6.07) is 11.6. The molecular formula is C16H14ClFN2O2. The molecule has 0 radical (unpaired) electrons. The molecule has 0 spiro atoms. The molecule has 114 valence electrons. The summed E-state index contributed by atoms with van der Waals surface area (Å²) in [7, 11) is 0. The second-order valence-electron chi connectivity index (χ2n) is 4.53. The van der Waals surface area contributed by atoms with Crippen molar-refractivity contribution in [1.29, 1.82) is 0 Å². The van der Waals surface area contributed by atoms with E-state index in [1.807, 2.05) is 25.1 Å². The maximum absolute atomic E-state index is 13.5. The SMILES string of the molecule is Cc1cccc(OCC(=O)NN=Cc2c(F)cccc2Cl)c1. The Morgan fingerprint density at radius 2 is 2.14 bits per heavy atom. The zero-order chi connectivity index (χ0) is 15.9. The number of carbonyl (C=O) groups is 1. The Balaban J connectivity index is 1.86. The first-order valence-corrected chi connectivity index (χ1v) is 6.89. The third kappa shape index (κ3) is 4.56. The highest BCUT2D eigenvalue weighted by Gasteiger charge is 2.05. The minimum Gasteiger partial charge on any atom is -0.484 e. The highest BCUT2D eigenvalue weighted by atomic mass is 35.5. The number of benzene rings is 2. The lowest BCUT2D eigenvalue weighted by Crippen LogP contribution is -2.24. The molecule has 0 aliphatic heterocycles. The molecule has 0 saturated heterocycles. The number of amides is 1. The highest BCUT2D eigenvalue weighted by molar-refractivity contribution is 6.33. The summed E-state index contributed by atoms with van der Waals surface area (Å²) in [5, 5.41) is 3.88. The third-order valence-electron chi connectivity index (χ3n) is 2.74. The van der Waals surface area contributed by atoms with Crippen LogP contribution in [0.4, 0.5) is 4.39 Å². The Morgan fingerprint density at radius 3 is 2.86 bits per heavy atom. The molecule has 0 unspecified atom stereocenters. The lowest BCUT2D eigenvalue weighted by molar-refractivity contribution is -0.123. The van der Waals surface area contributed by atoms with Crippen molar-refractivity contribution in [1.82, 2.24) is 5.43 Å². The van der Waals surface area contributed by atoms with E-state index in [2.05, 4.69) is 10.5 Å². The maximum atomic E-state index is 13.5. The Hall–Kier alpha value is -2.40. The van der Waals surface area contributed by atoms with E-state index in [9.17, 15) is 9.18 Å². The van der Waals surface area contributed by atoms with Gasteiger partial charge in [0.2, 0.25) is 0 Å². The summed E-state index contributed by atoms with van der Waals surface area (Å²) in [6.07, 6.45) is 1.15. The Kier molecular flexibility index (Phi) is 5.49. The molecule has 0 fully saturated rings. The largest absolute Gasteiger partial charge is 0.484 e. The van der Waals surface area contributed by atoms with E-state index in [1.54, 1.807) is 6.07 Å². The van der Waals surface area contributed by atoms with Gasteiger partial charge >= 0.3 is 0 Å². The summed E-state index contributed by atoms with van der Waals surface area (Å²) in [6.45, 7) is 1.74. The average molecular weight is 321 g/mol. The lowest BCUT2D eigenvalue weighted by Gasteiger charge is -2.05. The second kappa shape index (κ2) is 7.56.